The van der Waals surface area contributed by atoms with E-state index < -0.39 is 5.97 Å². The maximum Gasteiger partial charge on any atom is 0.340 e. The second kappa shape index (κ2) is 7.95. The van der Waals surface area contributed by atoms with Crippen LogP contribution in [0.1, 0.15) is 30.6 Å². The monoisotopic (exact) mass is 302 g/mol. The molecule has 1 aromatic carbocycles. The van der Waals surface area contributed by atoms with Crippen LogP contribution in [0.4, 0.5) is 11.4 Å². The number of halogens is 1. The highest BCUT2D eigenvalue weighted by Gasteiger charge is 2.13. The van der Waals surface area contributed by atoms with Crippen molar-refractivity contribution in [3.8, 4) is 0 Å². The van der Waals surface area contributed by atoms with Gasteiger partial charge in [0.25, 0.3) is 0 Å². The topological polar surface area (TPSA) is 64.3 Å². The van der Waals surface area contributed by atoms with Crippen molar-refractivity contribution in [2.24, 2.45) is 0 Å². The third-order valence-electron chi connectivity index (χ3n) is 1.82. The van der Waals surface area contributed by atoms with Crippen LogP contribution in [0.2, 0.25) is 0 Å². The highest BCUT2D eigenvalue weighted by molar-refractivity contribution is 9.10. The predicted molar refractivity (Wildman–Crippen MR) is 75.4 cm³/mol. The third-order valence-corrected chi connectivity index (χ3v) is 2.28. The molecular weight excluding hydrogens is 284 g/mol. The predicted octanol–water partition coefficient (Wildman–Crippen LogP) is 3.28. The lowest BCUT2D eigenvalue weighted by Gasteiger charge is -2.09. The summed E-state index contributed by atoms with van der Waals surface area (Å²) in [4.78, 5) is 11.3. The van der Waals surface area contributed by atoms with Crippen LogP contribution >= 0.6 is 15.9 Å². The minimum atomic E-state index is -0.444. The number of hydrogen-bond donors (Lipinski definition) is 2. The molecule has 0 aliphatic carbocycles. The fraction of sp³-hybridized carbons (Fsp3) is 0.417. The van der Waals surface area contributed by atoms with E-state index in [0.717, 1.165) is 4.47 Å². The van der Waals surface area contributed by atoms with Crippen molar-refractivity contribution in [3.05, 3.63) is 22.2 Å². The lowest BCUT2D eigenvalue weighted by Crippen LogP contribution is -2.08. The summed E-state index contributed by atoms with van der Waals surface area (Å²) in [6.45, 7) is 4.25. The number of anilines is 2. The van der Waals surface area contributed by atoms with E-state index >= 15 is 0 Å². The summed E-state index contributed by atoms with van der Waals surface area (Å²) < 4.78 is 5.38. The molecule has 0 amide bonds. The zero-order valence-electron chi connectivity index (χ0n) is 10.6. The molecule has 96 valence electrons. The lowest BCUT2D eigenvalue weighted by atomic mass is 10.1. The van der Waals surface area contributed by atoms with Crippen molar-refractivity contribution in [1.82, 2.24) is 0 Å². The standard InChI is InChI=1S/C9H11BrN2O2.C3H8/c1-12-7-4-5(10)3-6(8(7)11)9(13)14-2;1-3-2/h3-4,12H,11H2,1-2H3;3H2,1-2H3. The van der Waals surface area contributed by atoms with Crippen LogP contribution in [0.15, 0.2) is 16.6 Å². The Hall–Kier alpha value is -1.23. The Morgan fingerprint density at radius 1 is 1.47 bits per heavy atom. The number of carbonyl (C=O) groups excluding carboxylic acids is 1. The van der Waals surface area contributed by atoms with E-state index in [0.29, 0.717) is 16.9 Å². The summed E-state index contributed by atoms with van der Waals surface area (Å²) in [5, 5.41) is 2.89. The molecular formula is C12H19BrN2O2. The van der Waals surface area contributed by atoms with E-state index in [1.165, 1.54) is 13.5 Å². The first kappa shape index (κ1) is 15.8. The SMILES string of the molecule is CCC.CNc1cc(Br)cc(C(=O)OC)c1N. The summed E-state index contributed by atoms with van der Waals surface area (Å²) in [7, 11) is 3.06. The fourth-order valence-corrected chi connectivity index (χ4v) is 1.56. The van der Waals surface area contributed by atoms with Gasteiger partial charge >= 0.3 is 5.97 Å². The number of hydrogen-bond acceptors (Lipinski definition) is 4. The molecule has 0 aliphatic rings. The van der Waals surface area contributed by atoms with Gasteiger partial charge < -0.3 is 15.8 Å². The number of benzene rings is 1. The van der Waals surface area contributed by atoms with E-state index in [1.807, 2.05) is 0 Å². The van der Waals surface area contributed by atoms with Crippen LogP contribution < -0.4 is 11.1 Å². The molecule has 0 heterocycles. The Bertz CT molecular complexity index is 381. The molecule has 0 bridgehead atoms. The Balaban J connectivity index is 0.000000770. The van der Waals surface area contributed by atoms with Gasteiger partial charge in [0.15, 0.2) is 0 Å². The molecule has 0 atom stereocenters. The highest BCUT2D eigenvalue weighted by Crippen LogP contribution is 2.28. The summed E-state index contributed by atoms with van der Waals surface area (Å²) in [5.41, 5.74) is 7.19. The first-order valence-corrected chi connectivity index (χ1v) is 6.16. The molecule has 1 rings (SSSR count). The van der Waals surface area contributed by atoms with Crippen LogP contribution in [0, 0.1) is 0 Å². The normalized spacial score (nSPS) is 9.00. The number of nitrogen functional groups attached to an aromatic ring is 1. The molecule has 0 radical (unpaired) electrons. The van der Waals surface area contributed by atoms with Gasteiger partial charge in [0.1, 0.15) is 0 Å². The number of carbonyl (C=O) groups is 1. The smallest absolute Gasteiger partial charge is 0.340 e. The first-order chi connectivity index (χ1) is 8.01. The molecule has 0 saturated heterocycles. The van der Waals surface area contributed by atoms with Crippen molar-refractivity contribution >= 4 is 33.3 Å². The van der Waals surface area contributed by atoms with E-state index in [-0.39, 0.29) is 0 Å². The van der Waals surface area contributed by atoms with Gasteiger partial charge in [0.2, 0.25) is 0 Å². The molecule has 0 aliphatic heterocycles. The van der Waals surface area contributed by atoms with Gasteiger partial charge in [-0.2, -0.15) is 0 Å². The minimum Gasteiger partial charge on any atom is -0.465 e. The maximum atomic E-state index is 11.3. The number of ether oxygens (including phenoxy) is 1. The fourth-order valence-electron chi connectivity index (χ4n) is 1.10. The number of methoxy groups -OCH3 is 1. The Morgan fingerprint density at radius 3 is 2.41 bits per heavy atom. The Morgan fingerprint density at radius 2 is 2.00 bits per heavy atom. The summed E-state index contributed by atoms with van der Waals surface area (Å²) in [6, 6.07) is 3.42. The molecule has 0 unspecified atom stereocenters. The molecule has 5 heteroatoms. The zero-order chi connectivity index (χ0) is 13.4. The first-order valence-electron chi connectivity index (χ1n) is 5.36. The third kappa shape index (κ3) is 4.65. The van der Waals surface area contributed by atoms with Crippen molar-refractivity contribution in [1.29, 1.82) is 0 Å². The molecule has 0 saturated carbocycles. The van der Waals surface area contributed by atoms with Crippen molar-refractivity contribution in [2.45, 2.75) is 20.3 Å². The highest BCUT2D eigenvalue weighted by atomic mass is 79.9. The van der Waals surface area contributed by atoms with Gasteiger partial charge in [-0.25, -0.2) is 4.79 Å². The summed E-state index contributed by atoms with van der Waals surface area (Å²) in [6.07, 6.45) is 1.25. The molecule has 0 fully saturated rings. The largest absolute Gasteiger partial charge is 0.465 e. The van der Waals surface area contributed by atoms with Gasteiger partial charge in [-0.15, -0.1) is 0 Å². The molecule has 1 aromatic rings. The van der Waals surface area contributed by atoms with Gasteiger partial charge in [-0.05, 0) is 12.1 Å². The van der Waals surface area contributed by atoms with Gasteiger partial charge in [0, 0.05) is 11.5 Å². The number of nitrogens with two attached hydrogens (primary N) is 1. The van der Waals surface area contributed by atoms with Crippen molar-refractivity contribution in [3.63, 3.8) is 0 Å². The zero-order valence-corrected chi connectivity index (χ0v) is 12.2. The second-order valence-electron chi connectivity index (χ2n) is 3.36. The van der Waals surface area contributed by atoms with Crippen LogP contribution in [0.25, 0.3) is 0 Å². The quantitative estimate of drug-likeness (QED) is 0.650. The average Bonchev–Trinajstić information content (AvgIpc) is 2.31. The number of nitrogens with one attached hydrogen (secondary N) is 1. The molecule has 4 nitrogen and oxygen atoms in total. The second-order valence-corrected chi connectivity index (χ2v) is 4.28. The van der Waals surface area contributed by atoms with E-state index in [2.05, 4.69) is 39.8 Å². The average molecular weight is 303 g/mol. The van der Waals surface area contributed by atoms with Crippen LogP contribution in [0.5, 0.6) is 0 Å². The number of esters is 1. The molecule has 17 heavy (non-hydrogen) atoms. The van der Waals surface area contributed by atoms with Gasteiger partial charge in [-0.3, -0.25) is 0 Å². The van der Waals surface area contributed by atoms with Crippen LogP contribution in [0.3, 0.4) is 0 Å². The minimum absolute atomic E-state index is 0.353. The van der Waals surface area contributed by atoms with E-state index in [4.69, 9.17) is 5.73 Å². The van der Waals surface area contributed by atoms with E-state index in [9.17, 15) is 4.79 Å². The molecule has 0 aromatic heterocycles. The van der Waals surface area contributed by atoms with Crippen molar-refractivity contribution < 1.29 is 9.53 Å². The van der Waals surface area contributed by atoms with Crippen molar-refractivity contribution in [2.75, 3.05) is 25.2 Å². The lowest BCUT2D eigenvalue weighted by molar-refractivity contribution is 0.0602. The van der Waals surface area contributed by atoms with Gasteiger partial charge in [0.05, 0.1) is 24.0 Å². The molecule has 3 N–H and O–H groups in total. The molecule has 0 spiro atoms. The Kier molecular flexibility index (Phi) is 7.37. The summed E-state index contributed by atoms with van der Waals surface area (Å²) >= 11 is 3.28. The van der Waals surface area contributed by atoms with Gasteiger partial charge in [-0.1, -0.05) is 36.2 Å². The van der Waals surface area contributed by atoms with Crippen LogP contribution in [-0.4, -0.2) is 20.1 Å². The maximum absolute atomic E-state index is 11.3. The Labute approximate surface area is 111 Å². The summed E-state index contributed by atoms with van der Waals surface area (Å²) in [5.74, 6) is -0.444. The number of rotatable bonds is 2. The van der Waals surface area contributed by atoms with Crippen LogP contribution in [-0.2, 0) is 4.74 Å². The van der Waals surface area contributed by atoms with E-state index in [1.54, 1.807) is 19.2 Å².